The van der Waals surface area contributed by atoms with Gasteiger partial charge in [0.1, 0.15) is 17.5 Å². The van der Waals surface area contributed by atoms with Crippen LogP contribution < -0.4 is 15.4 Å². The van der Waals surface area contributed by atoms with E-state index in [-0.39, 0.29) is 36.5 Å². The van der Waals surface area contributed by atoms with Gasteiger partial charge in [-0.2, -0.15) is 5.10 Å². The van der Waals surface area contributed by atoms with Crippen LogP contribution in [0.1, 0.15) is 24.5 Å². The number of carbonyl (C=O) groups excluding carboxylic acids is 3. The van der Waals surface area contributed by atoms with E-state index in [1.54, 1.807) is 24.3 Å². The molecule has 0 bridgehead atoms. The van der Waals surface area contributed by atoms with Crippen LogP contribution in [0.3, 0.4) is 0 Å². The van der Waals surface area contributed by atoms with Crippen LogP contribution in [0.5, 0.6) is 0 Å². The molecule has 11 heteroatoms. The van der Waals surface area contributed by atoms with Crippen LogP contribution in [0.2, 0.25) is 0 Å². The number of urea groups is 1. The van der Waals surface area contributed by atoms with Gasteiger partial charge in [0.15, 0.2) is 17.5 Å². The van der Waals surface area contributed by atoms with E-state index in [1.807, 2.05) is 6.07 Å². The maximum Gasteiger partial charge on any atom is 0.325 e. The normalized spacial score (nSPS) is 16.9. The lowest BCUT2D eigenvalue weighted by Crippen LogP contribution is -2.68. The topological polar surface area (TPSA) is 95.8 Å². The molecule has 3 aromatic rings. The van der Waals surface area contributed by atoms with E-state index in [0.717, 1.165) is 26.6 Å². The molecule has 1 fully saturated rings. The Morgan fingerprint density at radius 3 is 2.31 bits per heavy atom. The minimum absolute atomic E-state index is 0.0168. The molecule has 1 aliphatic rings. The van der Waals surface area contributed by atoms with Crippen molar-refractivity contribution in [1.29, 1.82) is 0 Å². The molecule has 2 heterocycles. The number of halogens is 2. The van der Waals surface area contributed by atoms with Crippen LogP contribution >= 0.6 is 0 Å². The lowest BCUT2D eigenvalue weighted by Gasteiger charge is -2.47. The van der Waals surface area contributed by atoms with Gasteiger partial charge in [-0.3, -0.25) is 19.4 Å². The molecule has 1 atom stereocenters. The molecule has 4 rings (SSSR count). The number of aromatic nitrogens is 2. The van der Waals surface area contributed by atoms with Crippen LogP contribution in [-0.4, -0.2) is 58.6 Å². The predicted molar refractivity (Wildman–Crippen MR) is 140 cm³/mol. The minimum atomic E-state index is -1.67. The van der Waals surface area contributed by atoms with E-state index < -0.39 is 34.8 Å². The summed E-state index contributed by atoms with van der Waals surface area (Å²) in [6, 6.07) is 12.7. The largest absolute Gasteiger partial charge is 0.325 e. The smallest absolute Gasteiger partial charge is 0.308 e. The molecule has 200 valence electrons. The van der Waals surface area contributed by atoms with E-state index in [9.17, 15) is 19.2 Å². The number of carbonyl (C=O) groups is 3. The lowest BCUT2D eigenvalue weighted by atomic mass is 9.91. The number of amides is 3. The van der Waals surface area contributed by atoms with Crippen LogP contribution in [0.25, 0.3) is 0 Å². The zero-order chi connectivity index (χ0) is 28.3. The number of piperazine rings is 1. The van der Waals surface area contributed by atoms with Crippen LogP contribution in [0.4, 0.5) is 25.1 Å². The number of hydrogen-bond donors (Lipinski definition) is 0. The molecule has 9 nitrogen and oxygen atoms in total. The summed E-state index contributed by atoms with van der Waals surface area (Å²) in [5, 5.41) is 4.09. The predicted octanol–water partition coefficient (Wildman–Crippen LogP) is 2.71. The maximum atomic E-state index is 15.1. The number of benzene rings is 2. The number of aldehydes is 1. The van der Waals surface area contributed by atoms with Gasteiger partial charge in [-0.25, -0.2) is 18.3 Å². The fourth-order valence-electron chi connectivity index (χ4n) is 4.37. The standard InChI is InChI=1S/C28H25F2N5O4/c1-28(13-16-36)26(38)34(23-11-12-24(37)33(3)31-23)14-15-35(28)27(39)32(2)25-21(29)17-20(18-22(25)30)10-9-19-7-5-4-6-8-19/h4-8,11-12,16-18H,13-15H2,1-3H3. The van der Waals surface area contributed by atoms with Gasteiger partial charge in [-0.15, -0.1) is 0 Å². The van der Waals surface area contributed by atoms with E-state index in [4.69, 9.17) is 0 Å². The third-order valence-electron chi connectivity index (χ3n) is 6.55. The molecule has 0 spiro atoms. The Labute approximate surface area is 223 Å². The van der Waals surface area contributed by atoms with Crippen LogP contribution in [0, 0.1) is 23.5 Å². The number of nitrogens with zero attached hydrogens (tertiary/aromatic N) is 5. The molecule has 0 aliphatic carbocycles. The second kappa shape index (κ2) is 10.9. The Balaban J connectivity index is 1.62. The molecule has 1 saturated heterocycles. The maximum absolute atomic E-state index is 15.1. The van der Waals surface area contributed by atoms with Crippen molar-refractivity contribution in [2.45, 2.75) is 18.9 Å². The van der Waals surface area contributed by atoms with Gasteiger partial charge in [0.25, 0.3) is 11.5 Å². The van der Waals surface area contributed by atoms with Gasteiger partial charge in [0.05, 0.1) is 0 Å². The van der Waals surface area contributed by atoms with Crippen molar-refractivity contribution < 1.29 is 23.2 Å². The summed E-state index contributed by atoms with van der Waals surface area (Å²) in [6.45, 7) is 1.32. The highest BCUT2D eigenvalue weighted by Gasteiger charge is 2.49. The molecule has 0 radical (unpaired) electrons. The number of hydrogen-bond acceptors (Lipinski definition) is 5. The van der Waals surface area contributed by atoms with Crippen molar-refractivity contribution in [3.8, 4) is 11.8 Å². The van der Waals surface area contributed by atoms with E-state index in [1.165, 1.54) is 38.1 Å². The van der Waals surface area contributed by atoms with Crippen molar-refractivity contribution in [3.05, 3.63) is 87.7 Å². The van der Waals surface area contributed by atoms with Crippen LogP contribution in [-0.2, 0) is 16.6 Å². The fourth-order valence-corrected chi connectivity index (χ4v) is 4.37. The Kier molecular flexibility index (Phi) is 7.58. The molecule has 1 unspecified atom stereocenters. The molecule has 1 aliphatic heterocycles. The summed E-state index contributed by atoms with van der Waals surface area (Å²) in [4.78, 5) is 53.5. The van der Waals surface area contributed by atoms with Gasteiger partial charge in [-0.05, 0) is 37.3 Å². The van der Waals surface area contributed by atoms with Gasteiger partial charge in [0, 0.05) is 50.8 Å². The second-order valence-electron chi connectivity index (χ2n) is 9.15. The van der Waals surface area contributed by atoms with Gasteiger partial charge >= 0.3 is 6.03 Å². The summed E-state index contributed by atoms with van der Waals surface area (Å²) >= 11 is 0. The third kappa shape index (κ3) is 5.27. The van der Waals surface area contributed by atoms with Crippen molar-refractivity contribution >= 4 is 29.7 Å². The first-order valence-electron chi connectivity index (χ1n) is 12.0. The monoisotopic (exact) mass is 533 g/mol. The number of anilines is 2. The summed E-state index contributed by atoms with van der Waals surface area (Å²) in [5.74, 6) is 3.04. The van der Waals surface area contributed by atoms with E-state index >= 15 is 8.78 Å². The summed E-state index contributed by atoms with van der Waals surface area (Å²) in [6.07, 6.45) is 0.129. The highest BCUT2D eigenvalue weighted by Crippen LogP contribution is 2.32. The first-order chi connectivity index (χ1) is 18.6. The van der Waals surface area contributed by atoms with E-state index in [0.29, 0.717) is 11.8 Å². The van der Waals surface area contributed by atoms with E-state index in [2.05, 4.69) is 16.9 Å². The Morgan fingerprint density at radius 2 is 1.69 bits per heavy atom. The molecule has 0 N–H and O–H groups in total. The number of aryl methyl sites for hydroxylation is 1. The highest BCUT2D eigenvalue weighted by molar-refractivity contribution is 6.05. The van der Waals surface area contributed by atoms with Gasteiger partial charge in [0.2, 0.25) is 0 Å². The van der Waals surface area contributed by atoms with Gasteiger partial charge in [-0.1, -0.05) is 30.0 Å². The number of rotatable bonds is 4. The summed E-state index contributed by atoms with van der Waals surface area (Å²) in [7, 11) is 2.61. The molecule has 3 amide bonds. The zero-order valence-electron chi connectivity index (χ0n) is 21.5. The third-order valence-corrected chi connectivity index (χ3v) is 6.55. The zero-order valence-corrected chi connectivity index (χ0v) is 21.5. The highest BCUT2D eigenvalue weighted by atomic mass is 19.1. The minimum Gasteiger partial charge on any atom is -0.308 e. The Hall–Kier alpha value is -4.85. The van der Waals surface area contributed by atoms with Crippen molar-refractivity contribution in [2.75, 3.05) is 29.9 Å². The SMILES string of the molecule is CN(C(=O)N1CCN(c2ccc(=O)n(C)n2)C(=O)C1(C)CC=O)c1c(F)cc(C#Cc2ccccc2)cc1F. The van der Waals surface area contributed by atoms with Crippen molar-refractivity contribution in [2.24, 2.45) is 7.05 Å². The second-order valence-corrected chi connectivity index (χ2v) is 9.15. The molecule has 1 aromatic heterocycles. The molecule has 2 aromatic carbocycles. The average molecular weight is 534 g/mol. The molecule has 0 saturated carbocycles. The molecular formula is C28H25F2N5O4. The summed E-state index contributed by atoms with van der Waals surface area (Å²) in [5.41, 5.74) is -1.92. The van der Waals surface area contributed by atoms with Gasteiger partial charge < -0.3 is 9.69 Å². The first-order valence-corrected chi connectivity index (χ1v) is 12.0. The lowest BCUT2D eigenvalue weighted by molar-refractivity contribution is -0.133. The average Bonchev–Trinajstić information content (AvgIpc) is 2.90. The molecule has 39 heavy (non-hydrogen) atoms. The van der Waals surface area contributed by atoms with Crippen molar-refractivity contribution in [3.63, 3.8) is 0 Å². The Bertz CT molecular complexity index is 1540. The van der Waals surface area contributed by atoms with Crippen molar-refractivity contribution in [1.82, 2.24) is 14.7 Å². The summed E-state index contributed by atoms with van der Waals surface area (Å²) < 4.78 is 31.3. The fraction of sp³-hybridized carbons (Fsp3) is 0.250. The molecular weight excluding hydrogens is 508 g/mol. The Morgan fingerprint density at radius 1 is 1.05 bits per heavy atom. The quantitative estimate of drug-likeness (QED) is 0.380. The van der Waals surface area contributed by atoms with Crippen LogP contribution in [0.15, 0.2) is 59.4 Å². The first kappa shape index (κ1) is 27.2.